The molecule has 1 fully saturated rings. The summed E-state index contributed by atoms with van der Waals surface area (Å²) >= 11 is 0. The summed E-state index contributed by atoms with van der Waals surface area (Å²) in [5, 5.41) is 8.96. The van der Waals surface area contributed by atoms with Gasteiger partial charge in [0, 0.05) is 42.5 Å². The number of amides is 2. The van der Waals surface area contributed by atoms with Crippen molar-refractivity contribution >= 4 is 34.4 Å². The maximum Gasteiger partial charge on any atom is 0.330 e. The van der Waals surface area contributed by atoms with Crippen molar-refractivity contribution in [2.24, 2.45) is 23.0 Å². The van der Waals surface area contributed by atoms with Crippen LogP contribution in [-0.4, -0.2) is 37.7 Å². The number of carbonyl (C=O) groups is 2. The zero-order valence-electron chi connectivity index (χ0n) is 24.6. The van der Waals surface area contributed by atoms with Crippen molar-refractivity contribution < 1.29 is 9.59 Å². The molecule has 1 aliphatic heterocycles. The molecule has 2 amide bonds. The SMILES string of the molecule is CC1=NN(c2ccc(C(=O)NC3CC(c4ccc5c(n4)n(C)c(=O)n5CC(C)(C)C)CCC3(C)C)cc2)C(=O)C1. The van der Waals surface area contributed by atoms with Gasteiger partial charge in [0.1, 0.15) is 0 Å². The molecule has 0 spiro atoms. The molecule has 40 heavy (non-hydrogen) atoms. The second-order valence-corrected chi connectivity index (χ2v) is 13.3. The number of fused-ring (bicyclic) bond motifs is 1. The monoisotopic (exact) mass is 544 g/mol. The van der Waals surface area contributed by atoms with E-state index in [-0.39, 0.29) is 40.3 Å². The van der Waals surface area contributed by atoms with Gasteiger partial charge in [-0.05, 0) is 73.4 Å². The largest absolute Gasteiger partial charge is 0.349 e. The Balaban J connectivity index is 1.34. The molecule has 1 aromatic carbocycles. The minimum atomic E-state index is -0.136. The Bertz CT molecular complexity index is 1550. The summed E-state index contributed by atoms with van der Waals surface area (Å²) in [6.45, 7) is 13.2. The highest BCUT2D eigenvalue weighted by Crippen LogP contribution is 2.42. The smallest absolute Gasteiger partial charge is 0.330 e. The van der Waals surface area contributed by atoms with Crippen molar-refractivity contribution in [2.45, 2.75) is 85.7 Å². The van der Waals surface area contributed by atoms with Crippen molar-refractivity contribution in [2.75, 3.05) is 5.01 Å². The Hall–Kier alpha value is -3.75. The Labute approximate surface area is 235 Å². The van der Waals surface area contributed by atoms with Gasteiger partial charge in [0.15, 0.2) is 5.65 Å². The number of hydrazone groups is 1. The Morgan fingerprint density at radius 1 is 1.10 bits per heavy atom. The number of anilines is 1. The fourth-order valence-corrected chi connectivity index (χ4v) is 5.86. The summed E-state index contributed by atoms with van der Waals surface area (Å²) in [5.41, 5.74) is 4.34. The number of hydrogen-bond donors (Lipinski definition) is 1. The van der Waals surface area contributed by atoms with Gasteiger partial charge in [0.2, 0.25) is 0 Å². The molecular weight excluding hydrogens is 504 g/mol. The number of rotatable bonds is 5. The van der Waals surface area contributed by atoms with Gasteiger partial charge in [0.05, 0.1) is 17.6 Å². The van der Waals surface area contributed by atoms with E-state index < -0.39 is 0 Å². The minimum absolute atomic E-state index is 0.0317. The molecule has 0 saturated heterocycles. The van der Waals surface area contributed by atoms with E-state index in [4.69, 9.17) is 4.98 Å². The Morgan fingerprint density at radius 2 is 1.80 bits per heavy atom. The zero-order valence-corrected chi connectivity index (χ0v) is 24.6. The molecule has 3 heterocycles. The summed E-state index contributed by atoms with van der Waals surface area (Å²) in [6, 6.07) is 11.0. The number of aryl methyl sites for hydroxylation is 1. The number of aromatic nitrogens is 3. The number of carbonyl (C=O) groups excluding carboxylic acids is 2. The van der Waals surface area contributed by atoms with Gasteiger partial charge >= 0.3 is 5.69 Å². The van der Waals surface area contributed by atoms with Gasteiger partial charge in [-0.1, -0.05) is 34.6 Å². The standard InChI is InChI=1S/C31H40N6O3/c1-19-16-26(38)37(34-19)22-10-8-20(9-11-22)28(39)33-25-17-21(14-15-31(25,5)6)23-12-13-24-27(32-23)35(7)29(40)36(24)18-30(2,3)4/h8-13,21,25H,14-18H2,1-7H3,(H,33,39). The van der Waals surface area contributed by atoms with Crippen LogP contribution in [0.1, 0.15) is 89.2 Å². The second-order valence-electron chi connectivity index (χ2n) is 13.3. The van der Waals surface area contributed by atoms with Gasteiger partial charge in [-0.3, -0.25) is 18.7 Å². The third kappa shape index (κ3) is 5.33. The lowest BCUT2D eigenvalue weighted by Crippen LogP contribution is -2.48. The Kier molecular flexibility index (Phi) is 6.96. The first kappa shape index (κ1) is 27.8. The van der Waals surface area contributed by atoms with Crippen molar-refractivity contribution in [1.82, 2.24) is 19.4 Å². The van der Waals surface area contributed by atoms with E-state index in [2.05, 4.69) is 45.0 Å². The molecule has 2 aliphatic rings. The van der Waals surface area contributed by atoms with Gasteiger partial charge in [-0.2, -0.15) is 5.10 Å². The molecule has 212 valence electrons. The normalized spacial score (nSPS) is 21.1. The molecule has 9 nitrogen and oxygen atoms in total. The van der Waals surface area contributed by atoms with E-state index in [0.29, 0.717) is 29.9 Å². The molecule has 1 N–H and O–H groups in total. The van der Waals surface area contributed by atoms with Crippen LogP contribution in [0.5, 0.6) is 0 Å². The molecular formula is C31H40N6O3. The summed E-state index contributed by atoms with van der Waals surface area (Å²) in [7, 11) is 1.78. The van der Waals surface area contributed by atoms with Crippen LogP contribution in [-0.2, 0) is 18.4 Å². The van der Waals surface area contributed by atoms with E-state index in [1.54, 1.807) is 35.9 Å². The average molecular weight is 545 g/mol. The molecule has 1 aliphatic carbocycles. The van der Waals surface area contributed by atoms with E-state index >= 15 is 0 Å². The third-order valence-corrected chi connectivity index (χ3v) is 8.25. The maximum absolute atomic E-state index is 13.3. The molecule has 2 atom stereocenters. The highest BCUT2D eigenvalue weighted by atomic mass is 16.2. The molecule has 3 aromatic rings. The third-order valence-electron chi connectivity index (χ3n) is 8.25. The predicted octanol–water partition coefficient (Wildman–Crippen LogP) is 4.99. The van der Waals surface area contributed by atoms with Crippen molar-refractivity contribution in [3.05, 3.63) is 58.1 Å². The van der Waals surface area contributed by atoms with Crippen LogP contribution in [0.3, 0.4) is 0 Å². The summed E-state index contributed by atoms with van der Waals surface area (Å²) < 4.78 is 3.46. The lowest BCUT2D eigenvalue weighted by Gasteiger charge is -2.42. The molecule has 0 radical (unpaired) electrons. The summed E-state index contributed by atoms with van der Waals surface area (Å²) in [5.74, 6) is -0.0291. The molecule has 2 unspecified atom stereocenters. The highest BCUT2D eigenvalue weighted by molar-refractivity contribution is 6.12. The topological polar surface area (TPSA) is 102 Å². The molecule has 5 rings (SSSR count). The van der Waals surface area contributed by atoms with Crippen LogP contribution in [0, 0.1) is 10.8 Å². The fourth-order valence-electron chi connectivity index (χ4n) is 5.86. The highest BCUT2D eigenvalue weighted by Gasteiger charge is 2.38. The number of nitrogens with one attached hydrogen (secondary N) is 1. The van der Waals surface area contributed by atoms with Crippen LogP contribution in [0.15, 0.2) is 46.3 Å². The number of imidazole rings is 1. The van der Waals surface area contributed by atoms with Crippen LogP contribution in [0.2, 0.25) is 0 Å². The first-order valence-electron chi connectivity index (χ1n) is 14.1. The van der Waals surface area contributed by atoms with Crippen molar-refractivity contribution in [3.63, 3.8) is 0 Å². The van der Waals surface area contributed by atoms with E-state index in [1.807, 2.05) is 23.6 Å². The summed E-state index contributed by atoms with van der Waals surface area (Å²) in [6.07, 6.45) is 3.00. The van der Waals surface area contributed by atoms with Crippen molar-refractivity contribution in [3.8, 4) is 0 Å². The van der Waals surface area contributed by atoms with Gasteiger partial charge in [-0.15, -0.1) is 0 Å². The molecule has 1 saturated carbocycles. The lowest BCUT2D eigenvalue weighted by atomic mass is 9.68. The average Bonchev–Trinajstić information content (AvgIpc) is 3.34. The number of nitrogens with zero attached hydrogens (tertiary/aromatic N) is 5. The van der Waals surface area contributed by atoms with Crippen LogP contribution >= 0.6 is 0 Å². The molecule has 9 heteroatoms. The first-order chi connectivity index (χ1) is 18.7. The Morgan fingerprint density at radius 3 is 2.42 bits per heavy atom. The maximum atomic E-state index is 13.3. The van der Waals surface area contributed by atoms with Gasteiger partial charge < -0.3 is 5.32 Å². The van der Waals surface area contributed by atoms with Crippen LogP contribution in [0.4, 0.5) is 5.69 Å². The zero-order chi connectivity index (χ0) is 29.0. The van der Waals surface area contributed by atoms with E-state index in [9.17, 15) is 14.4 Å². The lowest BCUT2D eigenvalue weighted by molar-refractivity contribution is -0.116. The number of hydrogen-bond acceptors (Lipinski definition) is 5. The quantitative estimate of drug-likeness (QED) is 0.489. The minimum Gasteiger partial charge on any atom is -0.349 e. The molecule has 0 bridgehead atoms. The number of benzene rings is 1. The van der Waals surface area contributed by atoms with Crippen LogP contribution < -0.4 is 16.0 Å². The van der Waals surface area contributed by atoms with E-state index in [0.717, 1.165) is 36.2 Å². The second kappa shape index (κ2) is 10.0. The van der Waals surface area contributed by atoms with Gasteiger partial charge in [0.25, 0.3) is 11.8 Å². The first-order valence-corrected chi connectivity index (χ1v) is 14.1. The van der Waals surface area contributed by atoms with Crippen molar-refractivity contribution in [1.29, 1.82) is 0 Å². The van der Waals surface area contributed by atoms with Crippen LogP contribution in [0.25, 0.3) is 11.2 Å². The number of pyridine rings is 1. The van der Waals surface area contributed by atoms with Gasteiger partial charge in [-0.25, -0.2) is 14.8 Å². The fraction of sp³-hybridized carbons (Fsp3) is 0.516. The van der Waals surface area contributed by atoms with E-state index in [1.165, 1.54) is 5.01 Å². The predicted molar refractivity (Wildman–Crippen MR) is 158 cm³/mol. The molecule has 2 aromatic heterocycles. The summed E-state index contributed by atoms with van der Waals surface area (Å²) in [4.78, 5) is 43.4.